The van der Waals surface area contributed by atoms with Gasteiger partial charge in [0.1, 0.15) is 5.82 Å². The van der Waals surface area contributed by atoms with Crippen molar-refractivity contribution in [3.8, 4) is 0 Å². The fraction of sp³-hybridized carbons (Fsp3) is 0.529. The number of nitrogens with zero attached hydrogens (tertiary/aromatic N) is 2. The Bertz CT molecular complexity index is 550. The molecular formula is C17H25FN4O2. The molecule has 0 radical (unpaired) electrons. The highest BCUT2D eigenvalue weighted by Crippen LogP contribution is 2.03. The van der Waals surface area contributed by atoms with Crippen LogP contribution in [0.4, 0.5) is 9.18 Å². The summed E-state index contributed by atoms with van der Waals surface area (Å²) in [5, 5.41) is 5.53. The van der Waals surface area contributed by atoms with Crippen LogP contribution in [0.3, 0.4) is 0 Å². The number of carbonyl (C=O) groups is 2. The molecular weight excluding hydrogens is 311 g/mol. The largest absolute Gasteiger partial charge is 0.350 e. The minimum atomic E-state index is -0.377. The summed E-state index contributed by atoms with van der Waals surface area (Å²) in [5.74, 6) is -0.657. The molecule has 2 rings (SSSR count). The fourth-order valence-electron chi connectivity index (χ4n) is 2.65. The van der Waals surface area contributed by atoms with E-state index in [1.807, 2.05) is 4.90 Å². The third kappa shape index (κ3) is 5.49. The molecule has 0 unspecified atom stereocenters. The maximum atomic E-state index is 12.8. The number of likely N-dealkylation sites (N-methyl/N-ethyl adjacent to an activating group) is 1. The van der Waals surface area contributed by atoms with Gasteiger partial charge in [0.25, 0.3) is 5.91 Å². The topological polar surface area (TPSA) is 64.7 Å². The van der Waals surface area contributed by atoms with Crippen LogP contribution in [0.15, 0.2) is 24.3 Å². The Morgan fingerprint density at radius 2 is 1.75 bits per heavy atom. The number of benzene rings is 1. The van der Waals surface area contributed by atoms with Gasteiger partial charge in [-0.05, 0) is 43.8 Å². The average molecular weight is 336 g/mol. The SMILES string of the molecule is CCN1CCCN(C(=O)NCCNC(=O)c2ccc(F)cc2)CC1. The van der Waals surface area contributed by atoms with Gasteiger partial charge < -0.3 is 20.4 Å². The highest BCUT2D eigenvalue weighted by molar-refractivity contribution is 5.94. The van der Waals surface area contributed by atoms with E-state index in [0.29, 0.717) is 18.7 Å². The number of rotatable bonds is 5. The summed E-state index contributed by atoms with van der Waals surface area (Å²) in [6, 6.07) is 5.26. The van der Waals surface area contributed by atoms with E-state index in [0.717, 1.165) is 39.1 Å². The van der Waals surface area contributed by atoms with Crippen LogP contribution >= 0.6 is 0 Å². The first kappa shape index (κ1) is 18.2. The van der Waals surface area contributed by atoms with Gasteiger partial charge in [-0.2, -0.15) is 0 Å². The zero-order chi connectivity index (χ0) is 17.4. The lowest BCUT2D eigenvalue weighted by Crippen LogP contribution is -2.44. The number of amides is 3. The van der Waals surface area contributed by atoms with Crippen molar-refractivity contribution in [1.82, 2.24) is 20.4 Å². The van der Waals surface area contributed by atoms with E-state index in [4.69, 9.17) is 0 Å². The zero-order valence-corrected chi connectivity index (χ0v) is 14.1. The number of hydrogen-bond acceptors (Lipinski definition) is 3. The van der Waals surface area contributed by atoms with Gasteiger partial charge in [0, 0.05) is 38.3 Å². The summed E-state index contributed by atoms with van der Waals surface area (Å²) < 4.78 is 12.8. The van der Waals surface area contributed by atoms with Crippen LogP contribution < -0.4 is 10.6 Å². The molecule has 1 heterocycles. The third-order valence-electron chi connectivity index (χ3n) is 4.12. The molecule has 2 N–H and O–H groups in total. The Hall–Kier alpha value is -2.15. The molecule has 1 aliphatic heterocycles. The van der Waals surface area contributed by atoms with E-state index >= 15 is 0 Å². The molecule has 0 saturated carbocycles. The molecule has 24 heavy (non-hydrogen) atoms. The van der Waals surface area contributed by atoms with Gasteiger partial charge in [0.2, 0.25) is 0 Å². The van der Waals surface area contributed by atoms with Crippen molar-refractivity contribution in [3.63, 3.8) is 0 Å². The van der Waals surface area contributed by atoms with Crippen molar-refractivity contribution >= 4 is 11.9 Å². The van der Waals surface area contributed by atoms with Gasteiger partial charge in [-0.3, -0.25) is 4.79 Å². The molecule has 1 aliphatic rings. The standard InChI is InChI=1S/C17H25FN4O2/c1-2-21-10-3-11-22(13-12-21)17(24)20-9-8-19-16(23)14-4-6-15(18)7-5-14/h4-7H,2-3,8-13H2,1H3,(H,19,23)(H,20,24). The van der Waals surface area contributed by atoms with Crippen LogP contribution in [-0.2, 0) is 0 Å². The number of hydrogen-bond donors (Lipinski definition) is 2. The van der Waals surface area contributed by atoms with Gasteiger partial charge in [-0.15, -0.1) is 0 Å². The average Bonchev–Trinajstić information content (AvgIpc) is 2.84. The highest BCUT2D eigenvalue weighted by Gasteiger charge is 2.17. The normalized spacial score (nSPS) is 15.7. The molecule has 0 spiro atoms. The van der Waals surface area contributed by atoms with E-state index < -0.39 is 0 Å². The lowest BCUT2D eigenvalue weighted by molar-refractivity contribution is 0.0953. The van der Waals surface area contributed by atoms with Crippen LogP contribution in [0.5, 0.6) is 0 Å². The van der Waals surface area contributed by atoms with E-state index in [2.05, 4.69) is 22.5 Å². The summed E-state index contributed by atoms with van der Waals surface area (Å²) >= 11 is 0. The monoisotopic (exact) mass is 336 g/mol. The van der Waals surface area contributed by atoms with E-state index in [-0.39, 0.29) is 17.8 Å². The fourth-order valence-corrected chi connectivity index (χ4v) is 2.65. The third-order valence-corrected chi connectivity index (χ3v) is 4.12. The van der Waals surface area contributed by atoms with Crippen molar-refractivity contribution in [2.45, 2.75) is 13.3 Å². The van der Waals surface area contributed by atoms with E-state index in [1.165, 1.54) is 24.3 Å². The number of halogens is 1. The number of carbonyl (C=O) groups excluding carboxylic acids is 2. The van der Waals surface area contributed by atoms with Crippen molar-refractivity contribution in [3.05, 3.63) is 35.6 Å². The van der Waals surface area contributed by atoms with Crippen LogP contribution in [-0.4, -0.2) is 67.6 Å². The molecule has 0 aromatic heterocycles. The van der Waals surface area contributed by atoms with Crippen molar-refractivity contribution in [2.24, 2.45) is 0 Å². The molecule has 6 nitrogen and oxygen atoms in total. The lowest BCUT2D eigenvalue weighted by Gasteiger charge is -2.21. The second-order valence-corrected chi connectivity index (χ2v) is 5.77. The second-order valence-electron chi connectivity index (χ2n) is 5.77. The molecule has 7 heteroatoms. The summed E-state index contributed by atoms with van der Waals surface area (Å²) in [5.41, 5.74) is 0.398. The summed E-state index contributed by atoms with van der Waals surface area (Å²) in [4.78, 5) is 28.1. The number of urea groups is 1. The van der Waals surface area contributed by atoms with Gasteiger partial charge in [-0.1, -0.05) is 6.92 Å². The van der Waals surface area contributed by atoms with Gasteiger partial charge in [0.05, 0.1) is 0 Å². The summed E-state index contributed by atoms with van der Waals surface area (Å²) in [6.45, 7) is 7.21. The van der Waals surface area contributed by atoms with Crippen LogP contribution in [0.25, 0.3) is 0 Å². The molecule has 0 aliphatic carbocycles. The molecule has 1 aromatic carbocycles. The zero-order valence-electron chi connectivity index (χ0n) is 14.1. The Labute approximate surface area is 142 Å². The minimum Gasteiger partial charge on any atom is -0.350 e. The van der Waals surface area contributed by atoms with Gasteiger partial charge in [0.15, 0.2) is 0 Å². The molecule has 0 atom stereocenters. The Morgan fingerprint density at radius 1 is 1.04 bits per heavy atom. The smallest absolute Gasteiger partial charge is 0.317 e. The highest BCUT2D eigenvalue weighted by atomic mass is 19.1. The maximum Gasteiger partial charge on any atom is 0.317 e. The van der Waals surface area contributed by atoms with Crippen LogP contribution in [0, 0.1) is 5.82 Å². The summed E-state index contributed by atoms with van der Waals surface area (Å²) in [7, 11) is 0. The molecule has 1 fully saturated rings. The Kier molecular flexibility index (Phi) is 6.99. The van der Waals surface area contributed by atoms with E-state index in [9.17, 15) is 14.0 Å². The Balaban J connectivity index is 1.67. The summed E-state index contributed by atoms with van der Waals surface area (Å²) in [6.07, 6.45) is 0.975. The maximum absolute atomic E-state index is 12.8. The predicted octanol–water partition coefficient (Wildman–Crippen LogP) is 1.29. The quantitative estimate of drug-likeness (QED) is 0.797. The molecule has 0 bridgehead atoms. The lowest BCUT2D eigenvalue weighted by atomic mass is 10.2. The molecule has 1 aromatic rings. The molecule has 132 valence electrons. The van der Waals surface area contributed by atoms with Crippen LogP contribution in [0.2, 0.25) is 0 Å². The van der Waals surface area contributed by atoms with Crippen molar-refractivity contribution in [2.75, 3.05) is 45.8 Å². The molecule has 3 amide bonds. The first-order valence-electron chi connectivity index (χ1n) is 8.39. The number of nitrogens with one attached hydrogen (secondary N) is 2. The van der Waals surface area contributed by atoms with Gasteiger partial charge >= 0.3 is 6.03 Å². The van der Waals surface area contributed by atoms with E-state index in [1.54, 1.807) is 0 Å². The predicted molar refractivity (Wildman–Crippen MR) is 90.4 cm³/mol. The van der Waals surface area contributed by atoms with Crippen molar-refractivity contribution in [1.29, 1.82) is 0 Å². The van der Waals surface area contributed by atoms with Gasteiger partial charge in [-0.25, -0.2) is 9.18 Å². The molecule has 1 saturated heterocycles. The van der Waals surface area contributed by atoms with Crippen LogP contribution in [0.1, 0.15) is 23.7 Å². The first-order valence-corrected chi connectivity index (χ1v) is 8.39. The minimum absolute atomic E-state index is 0.0935. The van der Waals surface area contributed by atoms with Crippen molar-refractivity contribution < 1.29 is 14.0 Å². The first-order chi connectivity index (χ1) is 11.6. The second kappa shape index (κ2) is 9.22. The Morgan fingerprint density at radius 3 is 2.46 bits per heavy atom.